The van der Waals surface area contributed by atoms with Crippen molar-refractivity contribution in [2.45, 2.75) is 18.5 Å². The van der Waals surface area contributed by atoms with Crippen LogP contribution < -0.4 is 0 Å². The summed E-state index contributed by atoms with van der Waals surface area (Å²) in [5, 5.41) is -2.47. The van der Waals surface area contributed by atoms with Crippen LogP contribution in [0.25, 0.3) is 0 Å². The molecule has 0 aliphatic carbocycles. The molecule has 0 aromatic heterocycles. The highest BCUT2D eigenvalue weighted by atomic mass is 32.2. The number of carbonyl (C=O) groups excluding carboxylic acids is 1. The molecule has 0 N–H and O–H groups in total. The Kier molecular flexibility index (Phi) is 1.96. The molecule has 0 aromatic rings. The zero-order valence-corrected chi connectivity index (χ0v) is 6.29. The van der Waals surface area contributed by atoms with Crippen LogP contribution in [0.1, 0.15) is 6.92 Å². The molecule has 0 amide bonds. The summed E-state index contributed by atoms with van der Waals surface area (Å²) in [6.07, 6.45) is -4.40. The lowest BCUT2D eigenvalue weighted by atomic mass is 10.5. The molecule has 0 aromatic carbocycles. The first-order valence-electron chi connectivity index (χ1n) is 2.73. The van der Waals surface area contributed by atoms with Crippen molar-refractivity contribution >= 4 is 22.6 Å². The molecule has 62 valence electrons. The summed E-state index contributed by atoms with van der Waals surface area (Å²) in [4.78, 5) is 13.7. The van der Waals surface area contributed by atoms with Crippen molar-refractivity contribution < 1.29 is 18.0 Å². The number of nitrogens with zero attached hydrogens (tertiary/aromatic N) is 1. The highest BCUT2D eigenvalue weighted by Gasteiger charge is 2.45. The van der Waals surface area contributed by atoms with E-state index < -0.39 is 16.7 Å². The number of rotatable bonds is 0. The van der Waals surface area contributed by atoms with E-state index in [4.69, 9.17) is 0 Å². The predicted molar refractivity (Wildman–Crippen MR) is 35.6 cm³/mol. The predicted octanol–water partition coefficient (Wildman–Crippen LogP) is 1.61. The number of carbonyl (C=O) groups is 1. The third kappa shape index (κ3) is 1.74. The number of alkyl halides is 3. The Bertz CT molecular complexity index is 222. The molecule has 1 heterocycles. The van der Waals surface area contributed by atoms with Gasteiger partial charge in [-0.2, -0.15) is 13.2 Å². The van der Waals surface area contributed by atoms with Gasteiger partial charge in [0.15, 0.2) is 5.37 Å². The third-order valence-electron chi connectivity index (χ3n) is 1.10. The zero-order valence-electron chi connectivity index (χ0n) is 5.47. The molecule has 0 fully saturated rings. The maximum absolute atomic E-state index is 11.8. The summed E-state index contributed by atoms with van der Waals surface area (Å²) in [5.41, 5.74) is -0.0580. The van der Waals surface area contributed by atoms with Gasteiger partial charge in [-0.25, -0.2) is 0 Å². The molecular weight excluding hydrogens is 179 g/mol. The minimum absolute atomic E-state index is 0.0580. The van der Waals surface area contributed by atoms with Gasteiger partial charge in [0.25, 0.3) is 0 Å². The van der Waals surface area contributed by atoms with Crippen LogP contribution in [-0.4, -0.2) is 22.4 Å². The number of hydrogen-bond donors (Lipinski definition) is 0. The fourth-order valence-electron chi connectivity index (χ4n) is 0.582. The highest BCUT2D eigenvalue weighted by molar-refractivity contribution is 8.16. The second kappa shape index (κ2) is 2.51. The maximum atomic E-state index is 11.8. The Balaban J connectivity index is 2.76. The van der Waals surface area contributed by atoms with Crippen LogP contribution in [0.3, 0.4) is 0 Å². The molecule has 0 radical (unpaired) electrons. The minimum Gasteiger partial charge on any atom is -0.280 e. The fourth-order valence-corrected chi connectivity index (χ4v) is 1.35. The molecule has 0 bridgehead atoms. The van der Waals surface area contributed by atoms with E-state index in [1.165, 1.54) is 6.92 Å². The maximum Gasteiger partial charge on any atom is 0.420 e. The van der Waals surface area contributed by atoms with E-state index in [0.717, 1.165) is 0 Å². The first kappa shape index (κ1) is 8.58. The molecular formula is C5H4F3NOS. The standard InChI is InChI=1S/C5H4F3NOS/c1-2-3(10)11-4(9-2)5(6,7)8/h4H,1H3. The SMILES string of the molecule is CC1=NC(C(F)(F)F)SC1=O. The van der Waals surface area contributed by atoms with Gasteiger partial charge in [0.2, 0.25) is 5.12 Å². The number of aliphatic imine (C=N–C) groups is 1. The molecule has 2 nitrogen and oxygen atoms in total. The van der Waals surface area contributed by atoms with Crippen LogP contribution in [-0.2, 0) is 4.79 Å². The molecule has 6 heteroatoms. The molecule has 1 aliphatic rings. The Hall–Kier alpha value is -0.520. The normalized spacial score (nSPS) is 25.6. The van der Waals surface area contributed by atoms with E-state index >= 15 is 0 Å². The summed E-state index contributed by atoms with van der Waals surface area (Å²) < 4.78 is 35.5. The van der Waals surface area contributed by atoms with Gasteiger partial charge in [0, 0.05) is 0 Å². The Morgan fingerprint density at radius 1 is 1.55 bits per heavy atom. The van der Waals surface area contributed by atoms with Crippen LogP contribution in [0.5, 0.6) is 0 Å². The lowest BCUT2D eigenvalue weighted by Crippen LogP contribution is -2.21. The molecule has 0 saturated heterocycles. The Morgan fingerprint density at radius 3 is 2.27 bits per heavy atom. The number of halogens is 3. The molecule has 1 atom stereocenters. The average molecular weight is 183 g/mol. The van der Waals surface area contributed by atoms with Gasteiger partial charge < -0.3 is 0 Å². The summed E-state index contributed by atoms with van der Waals surface area (Å²) in [7, 11) is 0. The van der Waals surface area contributed by atoms with Gasteiger partial charge in [-0.15, -0.1) is 0 Å². The van der Waals surface area contributed by atoms with Gasteiger partial charge in [-0.05, 0) is 18.7 Å². The van der Waals surface area contributed by atoms with Crippen molar-refractivity contribution in [2.75, 3.05) is 0 Å². The average Bonchev–Trinajstić information content (AvgIpc) is 2.11. The molecule has 11 heavy (non-hydrogen) atoms. The first-order valence-corrected chi connectivity index (χ1v) is 3.61. The lowest BCUT2D eigenvalue weighted by molar-refractivity contribution is -0.127. The minimum atomic E-state index is -4.40. The third-order valence-corrected chi connectivity index (χ3v) is 2.21. The summed E-state index contributed by atoms with van der Waals surface area (Å²) >= 11 is 0.213. The smallest absolute Gasteiger partial charge is 0.280 e. The van der Waals surface area contributed by atoms with Crippen molar-refractivity contribution in [2.24, 2.45) is 4.99 Å². The lowest BCUT2D eigenvalue weighted by Gasteiger charge is -2.08. The van der Waals surface area contributed by atoms with Crippen LogP contribution in [0.4, 0.5) is 13.2 Å². The topological polar surface area (TPSA) is 29.4 Å². The van der Waals surface area contributed by atoms with Gasteiger partial charge in [-0.3, -0.25) is 9.79 Å². The van der Waals surface area contributed by atoms with E-state index in [2.05, 4.69) is 4.99 Å². The van der Waals surface area contributed by atoms with Crippen LogP contribution in [0.2, 0.25) is 0 Å². The monoisotopic (exact) mass is 183 g/mol. The van der Waals surface area contributed by atoms with Crippen molar-refractivity contribution in [3.63, 3.8) is 0 Å². The van der Waals surface area contributed by atoms with Gasteiger partial charge in [0.05, 0.1) is 5.71 Å². The Labute approximate surface area is 64.9 Å². The highest BCUT2D eigenvalue weighted by Crippen LogP contribution is 2.35. The molecule has 1 unspecified atom stereocenters. The van der Waals surface area contributed by atoms with Crippen molar-refractivity contribution in [1.29, 1.82) is 0 Å². The van der Waals surface area contributed by atoms with Gasteiger partial charge in [0.1, 0.15) is 0 Å². The largest absolute Gasteiger partial charge is 0.420 e. The van der Waals surface area contributed by atoms with Gasteiger partial charge >= 0.3 is 6.18 Å². The molecule has 0 saturated carbocycles. The van der Waals surface area contributed by atoms with E-state index in [1.54, 1.807) is 0 Å². The second-order valence-electron chi connectivity index (χ2n) is 2.01. The van der Waals surface area contributed by atoms with E-state index in [9.17, 15) is 18.0 Å². The first-order chi connectivity index (χ1) is 4.91. The zero-order chi connectivity index (χ0) is 8.65. The number of thioether (sulfide) groups is 1. The van der Waals surface area contributed by atoms with E-state index in [0.29, 0.717) is 0 Å². The van der Waals surface area contributed by atoms with Crippen molar-refractivity contribution in [3.8, 4) is 0 Å². The van der Waals surface area contributed by atoms with Crippen molar-refractivity contribution in [3.05, 3.63) is 0 Å². The summed E-state index contributed by atoms with van der Waals surface area (Å²) in [6.45, 7) is 1.28. The van der Waals surface area contributed by atoms with E-state index in [-0.39, 0.29) is 17.5 Å². The van der Waals surface area contributed by atoms with Gasteiger partial charge in [-0.1, -0.05) is 0 Å². The van der Waals surface area contributed by atoms with Crippen LogP contribution in [0.15, 0.2) is 4.99 Å². The summed E-state index contributed by atoms with van der Waals surface area (Å²) in [6, 6.07) is 0. The van der Waals surface area contributed by atoms with Crippen LogP contribution >= 0.6 is 11.8 Å². The Morgan fingerprint density at radius 2 is 2.09 bits per heavy atom. The second-order valence-corrected chi connectivity index (χ2v) is 3.07. The molecule has 0 spiro atoms. The van der Waals surface area contributed by atoms with Crippen molar-refractivity contribution in [1.82, 2.24) is 0 Å². The number of hydrogen-bond acceptors (Lipinski definition) is 3. The van der Waals surface area contributed by atoms with Crippen LogP contribution in [0, 0.1) is 0 Å². The van der Waals surface area contributed by atoms with E-state index in [1.807, 2.05) is 0 Å². The quantitative estimate of drug-likeness (QED) is 0.571. The molecule has 1 rings (SSSR count). The fraction of sp³-hybridized carbons (Fsp3) is 0.600. The summed E-state index contributed by atoms with van der Waals surface area (Å²) in [5.74, 6) is 0. The molecule has 1 aliphatic heterocycles.